The minimum Gasteiger partial charge on any atom is -0.464 e. The van der Waals surface area contributed by atoms with E-state index in [0.717, 1.165) is 6.07 Å². The minimum absolute atomic E-state index is 0.0717. The zero-order valence-corrected chi connectivity index (χ0v) is 9.47. The van der Waals surface area contributed by atoms with E-state index in [4.69, 9.17) is 28.3 Å². The molecule has 0 unspecified atom stereocenters. The van der Waals surface area contributed by atoms with E-state index < -0.39 is 16.1 Å². The Kier molecular flexibility index (Phi) is 3.25. The van der Waals surface area contributed by atoms with Crippen LogP contribution in [0.2, 0.25) is 9.36 Å². The Balaban J connectivity index is 3.11. The molecule has 14 heavy (non-hydrogen) atoms. The lowest BCUT2D eigenvalue weighted by molar-refractivity contribution is 0.201. The molecule has 1 rings (SSSR count). The molecule has 1 aromatic rings. The van der Waals surface area contributed by atoms with Crippen LogP contribution in [-0.4, -0.2) is 19.6 Å². The number of carboxylic acid groups (broad SMARTS) is 1. The number of carbonyl (C=O) groups is 1. The molecule has 0 saturated heterocycles. The van der Waals surface area contributed by atoms with Crippen LogP contribution in [-0.2, 0) is 10.0 Å². The van der Waals surface area contributed by atoms with E-state index in [9.17, 15) is 13.2 Å². The molecular formula is C5H3Cl2NO4S2. The van der Waals surface area contributed by atoms with Crippen molar-refractivity contribution in [3.05, 3.63) is 15.4 Å². The van der Waals surface area contributed by atoms with Gasteiger partial charge in [0.15, 0.2) is 0 Å². The third-order valence-electron chi connectivity index (χ3n) is 1.11. The van der Waals surface area contributed by atoms with Gasteiger partial charge in [0.05, 0.1) is 5.02 Å². The molecule has 0 spiro atoms. The third kappa shape index (κ3) is 2.50. The van der Waals surface area contributed by atoms with Crippen LogP contribution in [0.25, 0.3) is 0 Å². The number of hydrogen-bond donors (Lipinski definition) is 2. The van der Waals surface area contributed by atoms with E-state index in [-0.39, 0.29) is 13.6 Å². The molecule has 1 heterocycles. The first-order chi connectivity index (χ1) is 6.33. The average molecular weight is 276 g/mol. The van der Waals surface area contributed by atoms with E-state index in [0.29, 0.717) is 11.3 Å². The van der Waals surface area contributed by atoms with Gasteiger partial charge in [0.2, 0.25) is 0 Å². The lowest BCUT2D eigenvalue weighted by Gasteiger charge is -1.98. The van der Waals surface area contributed by atoms with Gasteiger partial charge in [-0.3, -0.25) is 0 Å². The van der Waals surface area contributed by atoms with Crippen molar-refractivity contribution >= 4 is 50.7 Å². The topological polar surface area (TPSA) is 83.5 Å². The highest BCUT2D eigenvalue weighted by molar-refractivity contribution is 7.92. The molecule has 0 radical (unpaired) electrons. The zero-order valence-electron chi connectivity index (χ0n) is 6.32. The maximum atomic E-state index is 11.2. The molecule has 1 amide bonds. The van der Waals surface area contributed by atoms with Crippen molar-refractivity contribution in [2.45, 2.75) is 4.21 Å². The summed E-state index contributed by atoms with van der Waals surface area (Å²) in [6, 6.07) is 1.08. The van der Waals surface area contributed by atoms with E-state index in [1.165, 1.54) is 4.72 Å². The molecule has 0 saturated carbocycles. The molecule has 0 bridgehead atoms. The highest BCUT2D eigenvalue weighted by Crippen LogP contribution is 2.33. The first-order valence-electron chi connectivity index (χ1n) is 3.03. The van der Waals surface area contributed by atoms with Gasteiger partial charge in [-0.1, -0.05) is 23.2 Å². The first kappa shape index (κ1) is 11.6. The quantitative estimate of drug-likeness (QED) is 0.865. The van der Waals surface area contributed by atoms with Crippen molar-refractivity contribution in [1.82, 2.24) is 4.72 Å². The summed E-state index contributed by atoms with van der Waals surface area (Å²) in [5.74, 6) is 0. The Hall–Kier alpha value is -0.500. The number of sulfonamides is 1. The third-order valence-corrected chi connectivity index (χ3v) is 4.77. The highest BCUT2D eigenvalue weighted by atomic mass is 35.5. The van der Waals surface area contributed by atoms with E-state index in [2.05, 4.69) is 0 Å². The predicted molar refractivity (Wildman–Crippen MR) is 52.7 cm³/mol. The summed E-state index contributed by atoms with van der Waals surface area (Å²) in [5.41, 5.74) is 0. The zero-order chi connectivity index (χ0) is 10.9. The fourth-order valence-corrected chi connectivity index (χ4v) is 3.35. The van der Waals surface area contributed by atoms with Crippen molar-refractivity contribution in [3.63, 3.8) is 0 Å². The molecule has 0 aliphatic rings. The van der Waals surface area contributed by atoms with Crippen LogP contribution in [0.3, 0.4) is 0 Å². The van der Waals surface area contributed by atoms with Gasteiger partial charge in [-0.05, 0) is 6.07 Å². The van der Waals surface area contributed by atoms with Crippen LogP contribution < -0.4 is 4.72 Å². The summed E-state index contributed by atoms with van der Waals surface area (Å²) in [4.78, 5) is 10.1. The summed E-state index contributed by atoms with van der Waals surface area (Å²) >= 11 is 11.7. The SMILES string of the molecule is O=C(O)NS(=O)(=O)c1cc(Cl)c(Cl)s1. The molecule has 0 atom stereocenters. The van der Waals surface area contributed by atoms with Gasteiger partial charge in [-0.15, -0.1) is 11.3 Å². The molecule has 0 aliphatic heterocycles. The summed E-state index contributed by atoms with van der Waals surface area (Å²) < 4.78 is 23.6. The highest BCUT2D eigenvalue weighted by Gasteiger charge is 2.21. The number of rotatable bonds is 2. The Morgan fingerprint density at radius 3 is 2.43 bits per heavy atom. The number of thiophene rings is 1. The summed E-state index contributed by atoms with van der Waals surface area (Å²) in [7, 11) is -4.06. The van der Waals surface area contributed by atoms with Crippen molar-refractivity contribution in [1.29, 1.82) is 0 Å². The Morgan fingerprint density at radius 1 is 1.50 bits per heavy atom. The standard InChI is InChI=1S/C5H3Cl2NO4S2/c6-2-1-3(13-4(2)7)14(11,12)8-5(9)10/h1,8H,(H,9,10). The van der Waals surface area contributed by atoms with E-state index in [1.54, 1.807) is 0 Å². The van der Waals surface area contributed by atoms with Gasteiger partial charge >= 0.3 is 6.09 Å². The van der Waals surface area contributed by atoms with Gasteiger partial charge < -0.3 is 5.11 Å². The maximum Gasteiger partial charge on any atom is 0.418 e. The van der Waals surface area contributed by atoms with Gasteiger partial charge in [0.1, 0.15) is 8.55 Å². The van der Waals surface area contributed by atoms with Crippen LogP contribution >= 0.6 is 34.5 Å². The van der Waals surface area contributed by atoms with Crippen LogP contribution in [0.5, 0.6) is 0 Å². The first-order valence-corrected chi connectivity index (χ1v) is 6.09. The summed E-state index contributed by atoms with van der Waals surface area (Å²) in [6.45, 7) is 0. The van der Waals surface area contributed by atoms with Crippen LogP contribution in [0.1, 0.15) is 0 Å². The lowest BCUT2D eigenvalue weighted by Crippen LogP contribution is -2.28. The molecule has 9 heteroatoms. The molecule has 0 aromatic carbocycles. The predicted octanol–water partition coefficient (Wildman–Crippen LogP) is 2.01. The summed E-state index contributed by atoms with van der Waals surface area (Å²) in [6.07, 6.45) is -1.66. The molecule has 0 fully saturated rings. The normalized spacial score (nSPS) is 11.3. The average Bonchev–Trinajstić information content (AvgIpc) is 2.30. The van der Waals surface area contributed by atoms with Crippen molar-refractivity contribution < 1.29 is 18.3 Å². The summed E-state index contributed by atoms with van der Waals surface area (Å²) in [5, 5.41) is 8.31. The number of amides is 1. The monoisotopic (exact) mass is 275 g/mol. The van der Waals surface area contributed by atoms with Gasteiger partial charge in [-0.2, -0.15) is 0 Å². The fraction of sp³-hybridized carbons (Fsp3) is 0. The molecular weight excluding hydrogens is 273 g/mol. The van der Waals surface area contributed by atoms with E-state index in [1.807, 2.05) is 0 Å². The van der Waals surface area contributed by atoms with Gasteiger partial charge in [0.25, 0.3) is 10.0 Å². The number of halogens is 2. The molecule has 1 aromatic heterocycles. The van der Waals surface area contributed by atoms with Gasteiger partial charge in [0, 0.05) is 0 Å². The Labute approximate surface area is 93.3 Å². The van der Waals surface area contributed by atoms with Crippen molar-refractivity contribution in [2.24, 2.45) is 0 Å². The van der Waals surface area contributed by atoms with Crippen LogP contribution in [0, 0.1) is 0 Å². The van der Waals surface area contributed by atoms with Gasteiger partial charge in [-0.25, -0.2) is 17.9 Å². The molecule has 78 valence electrons. The molecule has 0 aliphatic carbocycles. The number of nitrogens with one attached hydrogen (secondary N) is 1. The smallest absolute Gasteiger partial charge is 0.418 e. The van der Waals surface area contributed by atoms with E-state index >= 15 is 0 Å². The largest absolute Gasteiger partial charge is 0.464 e. The molecule has 2 N–H and O–H groups in total. The molecule has 5 nitrogen and oxygen atoms in total. The maximum absolute atomic E-state index is 11.2. The van der Waals surface area contributed by atoms with Crippen molar-refractivity contribution in [3.8, 4) is 0 Å². The lowest BCUT2D eigenvalue weighted by atomic mass is 10.7. The van der Waals surface area contributed by atoms with Crippen LogP contribution in [0.4, 0.5) is 4.79 Å². The second-order valence-electron chi connectivity index (χ2n) is 2.10. The van der Waals surface area contributed by atoms with Crippen molar-refractivity contribution in [2.75, 3.05) is 0 Å². The second-order valence-corrected chi connectivity index (χ2v) is 6.07. The minimum atomic E-state index is -4.06. The Morgan fingerprint density at radius 2 is 2.07 bits per heavy atom. The number of hydrogen-bond acceptors (Lipinski definition) is 4. The Bertz CT molecular complexity index is 447. The fourth-order valence-electron chi connectivity index (χ4n) is 0.624. The second kappa shape index (κ2) is 3.93. The van der Waals surface area contributed by atoms with Crippen LogP contribution in [0.15, 0.2) is 10.3 Å².